The van der Waals surface area contributed by atoms with Gasteiger partial charge in [-0.2, -0.15) is 0 Å². The summed E-state index contributed by atoms with van der Waals surface area (Å²) in [6, 6.07) is 0. The fraction of sp³-hybridized carbons (Fsp3) is 0.500. The van der Waals surface area contributed by atoms with Crippen LogP contribution in [0.15, 0.2) is 11.6 Å². The molecule has 0 saturated heterocycles. The van der Waals surface area contributed by atoms with Crippen LogP contribution >= 0.6 is 7.60 Å². The quantitative estimate of drug-likeness (QED) is 0.254. The van der Waals surface area contributed by atoms with Gasteiger partial charge in [-0.05, 0) is 52.0 Å². The van der Waals surface area contributed by atoms with Crippen LogP contribution in [0.25, 0.3) is 0 Å². The number of esters is 1. The van der Waals surface area contributed by atoms with Crippen LogP contribution < -0.4 is 4.74 Å². The van der Waals surface area contributed by atoms with Gasteiger partial charge in [-0.3, -0.25) is 4.57 Å². The Labute approximate surface area is 165 Å². The molecule has 1 heterocycles. The van der Waals surface area contributed by atoms with E-state index in [2.05, 4.69) is 0 Å². The zero-order valence-corrected chi connectivity index (χ0v) is 17.7. The maximum absolute atomic E-state index is 11.9. The maximum Gasteiger partial charge on any atom is 0.342 e. The van der Waals surface area contributed by atoms with Gasteiger partial charge >= 0.3 is 13.6 Å². The lowest BCUT2D eigenvalue weighted by molar-refractivity contribution is 0.0533. The molecule has 1 atom stereocenters. The highest BCUT2D eigenvalue weighted by atomic mass is 31.2. The summed E-state index contributed by atoms with van der Waals surface area (Å²) in [5.41, 5.74) is 3.34. The SMILES string of the molecule is C[CH]OP(=O)(O)CCCC/C(C)=C/Cc1c(O)c2c(c(C)c1OC)COC2=O. The molecule has 8 heteroatoms. The summed E-state index contributed by atoms with van der Waals surface area (Å²) in [6.45, 7) is 6.77. The number of carbonyl (C=O) groups is 1. The summed E-state index contributed by atoms with van der Waals surface area (Å²) in [6.07, 6.45) is 4.58. The van der Waals surface area contributed by atoms with E-state index >= 15 is 0 Å². The average Bonchev–Trinajstić information content (AvgIpc) is 3.02. The van der Waals surface area contributed by atoms with Crippen molar-refractivity contribution in [1.29, 1.82) is 0 Å². The van der Waals surface area contributed by atoms with Gasteiger partial charge in [0.1, 0.15) is 23.7 Å². The molecule has 2 N–H and O–H groups in total. The number of allylic oxidation sites excluding steroid dienone is 2. The van der Waals surface area contributed by atoms with E-state index < -0.39 is 13.6 Å². The number of aromatic hydroxyl groups is 1. The van der Waals surface area contributed by atoms with E-state index in [1.54, 1.807) is 6.92 Å². The number of methoxy groups -OCH3 is 1. The lowest BCUT2D eigenvalue weighted by Gasteiger charge is -2.15. The first-order chi connectivity index (χ1) is 13.2. The summed E-state index contributed by atoms with van der Waals surface area (Å²) in [4.78, 5) is 21.5. The summed E-state index contributed by atoms with van der Waals surface area (Å²) in [5.74, 6) is -0.0360. The highest BCUT2D eigenvalue weighted by molar-refractivity contribution is 7.52. The minimum absolute atomic E-state index is 0.0850. The van der Waals surface area contributed by atoms with Crippen molar-refractivity contribution in [3.8, 4) is 11.5 Å². The lowest BCUT2D eigenvalue weighted by atomic mass is 9.94. The molecule has 7 nitrogen and oxygen atoms in total. The van der Waals surface area contributed by atoms with Crippen molar-refractivity contribution in [3.63, 3.8) is 0 Å². The predicted octanol–water partition coefficient (Wildman–Crippen LogP) is 4.42. The van der Waals surface area contributed by atoms with Crippen molar-refractivity contribution in [2.45, 2.75) is 53.1 Å². The number of carbonyl (C=O) groups excluding carboxylic acids is 1. The fourth-order valence-electron chi connectivity index (χ4n) is 3.34. The molecule has 1 aromatic carbocycles. The van der Waals surface area contributed by atoms with Crippen molar-refractivity contribution in [2.24, 2.45) is 0 Å². The topological polar surface area (TPSA) is 102 Å². The zero-order chi connectivity index (χ0) is 20.9. The number of phenols is 1. The van der Waals surface area contributed by atoms with Gasteiger partial charge in [-0.1, -0.05) is 11.6 Å². The fourth-order valence-corrected chi connectivity index (χ4v) is 4.40. The van der Waals surface area contributed by atoms with Crippen molar-refractivity contribution < 1.29 is 33.4 Å². The van der Waals surface area contributed by atoms with Crippen LogP contribution in [0.4, 0.5) is 0 Å². The average molecular weight is 411 g/mol. The maximum atomic E-state index is 11.9. The van der Waals surface area contributed by atoms with Crippen LogP contribution in [0.5, 0.6) is 11.5 Å². The first-order valence-corrected chi connectivity index (χ1v) is 11.0. The van der Waals surface area contributed by atoms with Gasteiger partial charge in [0.05, 0.1) is 19.9 Å². The number of hydrogen-bond donors (Lipinski definition) is 2. The molecular weight excluding hydrogens is 383 g/mol. The Morgan fingerprint density at radius 2 is 2.07 bits per heavy atom. The van der Waals surface area contributed by atoms with Gasteiger partial charge in [0, 0.05) is 11.1 Å². The van der Waals surface area contributed by atoms with Crippen LogP contribution in [-0.2, 0) is 26.9 Å². The summed E-state index contributed by atoms with van der Waals surface area (Å²) in [7, 11) is -1.98. The monoisotopic (exact) mass is 411 g/mol. The van der Waals surface area contributed by atoms with Gasteiger partial charge in [-0.25, -0.2) is 4.79 Å². The second kappa shape index (κ2) is 9.59. The van der Waals surface area contributed by atoms with Crippen molar-refractivity contribution in [1.82, 2.24) is 0 Å². The van der Waals surface area contributed by atoms with Crippen molar-refractivity contribution >= 4 is 13.6 Å². The molecule has 155 valence electrons. The number of phenolic OH excluding ortho intramolecular Hbond substituents is 1. The molecule has 1 aromatic rings. The first kappa shape index (κ1) is 22.5. The van der Waals surface area contributed by atoms with Crippen molar-refractivity contribution in [2.75, 3.05) is 13.3 Å². The Kier molecular flexibility index (Phi) is 7.70. The van der Waals surface area contributed by atoms with Crippen molar-refractivity contribution in [3.05, 3.63) is 40.5 Å². The molecule has 28 heavy (non-hydrogen) atoms. The molecular formula is C20H28O7P. The second-order valence-corrected chi connectivity index (χ2v) is 8.76. The molecule has 1 aliphatic rings. The van der Waals surface area contributed by atoms with Crippen LogP contribution in [0.3, 0.4) is 0 Å². The third-order valence-corrected chi connectivity index (χ3v) is 6.26. The molecule has 0 bridgehead atoms. The highest BCUT2D eigenvalue weighted by Gasteiger charge is 2.31. The van der Waals surface area contributed by atoms with Crippen LogP contribution in [0.1, 0.15) is 60.2 Å². The molecule has 1 radical (unpaired) electrons. The number of hydrogen-bond acceptors (Lipinski definition) is 6. The Morgan fingerprint density at radius 3 is 2.71 bits per heavy atom. The zero-order valence-electron chi connectivity index (χ0n) is 16.8. The smallest absolute Gasteiger partial charge is 0.342 e. The summed E-state index contributed by atoms with van der Waals surface area (Å²) < 4.78 is 26.9. The highest BCUT2D eigenvalue weighted by Crippen LogP contribution is 2.44. The van der Waals surface area contributed by atoms with Crippen LogP contribution in [0, 0.1) is 13.5 Å². The van der Waals surface area contributed by atoms with E-state index in [-0.39, 0.29) is 24.1 Å². The normalized spacial score (nSPS) is 15.9. The number of fused-ring (bicyclic) bond motifs is 1. The summed E-state index contributed by atoms with van der Waals surface area (Å²) >= 11 is 0. The van der Waals surface area contributed by atoms with E-state index in [4.69, 9.17) is 14.0 Å². The molecule has 0 aromatic heterocycles. The number of benzene rings is 1. The van der Waals surface area contributed by atoms with Gasteiger partial charge in [0.2, 0.25) is 0 Å². The van der Waals surface area contributed by atoms with Crippen LogP contribution in [0.2, 0.25) is 0 Å². The Hall–Kier alpha value is -1.82. The minimum atomic E-state index is -3.52. The molecule has 0 saturated carbocycles. The molecule has 0 amide bonds. The predicted molar refractivity (Wildman–Crippen MR) is 106 cm³/mol. The Balaban J connectivity index is 2.05. The Morgan fingerprint density at radius 1 is 1.36 bits per heavy atom. The van der Waals surface area contributed by atoms with Gasteiger partial charge < -0.3 is 24.0 Å². The van der Waals surface area contributed by atoms with E-state index in [1.807, 2.05) is 19.9 Å². The largest absolute Gasteiger partial charge is 0.507 e. The Bertz CT molecular complexity index is 814. The van der Waals surface area contributed by atoms with E-state index in [0.717, 1.165) is 24.0 Å². The molecule has 0 fully saturated rings. The first-order valence-electron chi connectivity index (χ1n) is 9.23. The molecule has 2 rings (SSSR count). The molecule has 0 spiro atoms. The van der Waals surface area contributed by atoms with E-state index in [1.165, 1.54) is 13.7 Å². The number of cyclic esters (lactones) is 1. The lowest BCUT2D eigenvalue weighted by Crippen LogP contribution is -2.03. The molecule has 0 aliphatic carbocycles. The van der Waals surface area contributed by atoms with Gasteiger partial charge in [-0.15, -0.1) is 0 Å². The third-order valence-electron chi connectivity index (χ3n) is 4.83. The second-order valence-electron chi connectivity index (χ2n) is 6.83. The standard InChI is InChI=1S/C20H28O7P/c1-5-27-28(23,24)11-7-6-8-13(2)9-10-15-18(21)17-16(12-26-20(17)22)14(3)19(15)25-4/h5,9,21H,6-8,10-12H2,1-4H3,(H,23,24)/b13-9+. The van der Waals surface area contributed by atoms with E-state index in [9.17, 15) is 19.4 Å². The summed E-state index contributed by atoms with van der Waals surface area (Å²) in [5, 5.41) is 10.6. The van der Waals surface area contributed by atoms with E-state index in [0.29, 0.717) is 29.7 Å². The minimum Gasteiger partial charge on any atom is -0.507 e. The molecule has 1 aliphatic heterocycles. The van der Waals surface area contributed by atoms with Gasteiger partial charge in [0.25, 0.3) is 0 Å². The van der Waals surface area contributed by atoms with Crippen LogP contribution in [-0.4, -0.2) is 29.2 Å². The third kappa shape index (κ3) is 5.16. The van der Waals surface area contributed by atoms with Gasteiger partial charge in [0.15, 0.2) is 0 Å². The molecule has 1 unspecified atom stereocenters. The number of ether oxygens (including phenoxy) is 2. The number of rotatable bonds is 10. The number of unbranched alkanes of at least 4 members (excludes halogenated alkanes) is 1.